The van der Waals surface area contributed by atoms with E-state index < -0.39 is 26.6 Å². The van der Waals surface area contributed by atoms with E-state index >= 15 is 0 Å². The topological polar surface area (TPSA) is 108 Å². The van der Waals surface area contributed by atoms with Crippen molar-refractivity contribution in [2.75, 3.05) is 40.9 Å². The van der Waals surface area contributed by atoms with Gasteiger partial charge < -0.3 is 28.8 Å². The molecule has 1 amide bonds. The third kappa shape index (κ3) is 50.3. The zero-order chi connectivity index (χ0) is 48.5. The quantitative estimate of drug-likeness (QED) is 0.0272. The van der Waals surface area contributed by atoms with Gasteiger partial charge in [-0.15, -0.1) is 0 Å². The number of nitrogens with one attached hydrogen (secondary N) is 1. The van der Waals surface area contributed by atoms with Crippen molar-refractivity contribution >= 4 is 13.7 Å². The lowest BCUT2D eigenvalue weighted by Gasteiger charge is -2.29. The maximum atomic E-state index is 12.9. The number of hydrogen-bond acceptors (Lipinski definition) is 6. The first-order valence-corrected chi connectivity index (χ1v) is 29.5. The minimum atomic E-state index is -4.61. The third-order valence-electron chi connectivity index (χ3n) is 12.5. The summed E-state index contributed by atoms with van der Waals surface area (Å²) in [6, 6.07) is -0.909. The van der Waals surface area contributed by atoms with E-state index in [1.165, 1.54) is 193 Å². The molecule has 0 aromatic heterocycles. The molecule has 0 heterocycles. The first-order valence-electron chi connectivity index (χ1n) is 28.0. The van der Waals surface area contributed by atoms with Crippen molar-refractivity contribution in [1.29, 1.82) is 0 Å². The molecular weight excluding hydrogens is 840 g/mol. The molecule has 0 saturated carbocycles. The van der Waals surface area contributed by atoms with E-state index in [0.29, 0.717) is 17.4 Å². The van der Waals surface area contributed by atoms with Crippen molar-refractivity contribution in [3.05, 3.63) is 48.6 Å². The number of quaternary nitrogens is 1. The summed E-state index contributed by atoms with van der Waals surface area (Å²) in [5.41, 5.74) is 0. The predicted molar refractivity (Wildman–Crippen MR) is 284 cm³/mol. The van der Waals surface area contributed by atoms with Crippen LogP contribution in [-0.2, 0) is 18.4 Å². The summed E-state index contributed by atoms with van der Waals surface area (Å²) in [6.07, 6.45) is 63.3. The highest BCUT2D eigenvalue weighted by Gasteiger charge is 2.23. The number of aliphatic hydroxyl groups excluding tert-OH is 1. The smallest absolute Gasteiger partial charge is 0.268 e. The van der Waals surface area contributed by atoms with E-state index in [1.807, 2.05) is 27.2 Å². The van der Waals surface area contributed by atoms with Gasteiger partial charge in [0, 0.05) is 6.42 Å². The number of amides is 1. The Kier molecular flexibility index (Phi) is 47.4. The fourth-order valence-corrected chi connectivity index (χ4v) is 8.79. The maximum absolute atomic E-state index is 12.9. The van der Waals surface area contributed by atoms with Crippen molar-refractivity contribution in [2.24, 2.45) is 0 Å². The first-order chi connectivity index (χ1) is 32.0. The largest absolute Gasteiger partial charge is 0.756 e. The Hall–Kier alpha value is -1.54. The molecule has 9 heteroatoms. The average Bonchev–Trinajstić information content (AvgIpc) is 3.28. The van der Waals surface area contributed by atoms with Crippen molar-refractivity contribution < 1.29 is 32.9 Å². The third-order valence-corrected chi connectivity index (χ3v) is 13.5. The molecule has 2 N–H and O–H groups in total. The van der Waals surface area contributed by atoms with Gasteiger partial charge in [-0.25, -0.2) is 0 Å². The van der Waals surface area contributed by atoms with Crippen LogP contribution in [0.4, 0.5) is 0 Å². The Morgan fingerprint density at radius 2 is 0.848 bits per heavy atom. The number of nitrogens with zero attached hydrogens (tertiary/aromatic N) is 1. The molecule has 66 heavy (non-hydrogen) atoms. The zero-order valence-corrected chi connectivity index (χ0v) is 45.0. The minimum Gasteiger partial charge on any atom is -0.756 e. The van der Waals surface area contributed by atoms with Crippen LogP contribution < -0.4 is 10.2 Å². The van der Waals surface area contributed by atoms with Gasteiger partial charge in [0.05, 0.1) is 39.9 Å². The molecule has 3 atom stereocenters. The molecule has 388 valence electrons. The molecule has 8 nitrogen and oxygen atoms in total. The van der Waals surface area contributed by atoms with Gasteiger partial charge in [0.1, 0.15) is 13.2 Å². The summed E-state index contributed by atoms with van der Waals surface area (Å²) in [7, 11) is 1.24. The summed E-state index contributed by atoms with van der Waals surface area (Å²) >= 11 is 0. The van der Waals surface area contributed by atoms with Gasteiger partial charge in [-0.2, -0.15) is 0 Å². The molecule has 0 aromatic carbocycles. The van der Waals surface area contributed by atoms with Crippen LogP contribution in [0, 0.1) is 0 Å². The van der Waals surface area contributed by atoms with Crippen molar-refractivity contribution in [3.8, 4) is 0 Å². The number of likely N-dealkylation sites (N-methyl/N-ethyl adjacent to an activating group) is 1. The van der Waals surface area contributed by atoms with E-state index in [0.717, 1.165) is 44.9 Å². The zero-order valence-electron chi connectivity index (χ0n) is 44.1. The number of hydrogen-bond donors (Lipinski definition) is 2. The molecule has 0 saturated heterocycles. The number of carbonyl (C=O) groups excluding carboxylic acids is 1. The standard InChI is InChI=1S/C57H109N2O6P/c1-6-8-10-12-14-16-18-20-22-24-25-26-27-28-29-30-31-32-33-35-37-39-41-43-45-47-49-51-57(61)58-55(54-65-66(62,63)64-53-52-59(3,4)5)56(60)50-48-46-44-42-40-38-36-34-23-21-19-17-15-13-11-9-7-2/h23-25,34,40,42,48,50,55-56,60H,6-22,26-33,35-39,41,43-47,49,51-54H2,1-5H3,(H-,58,61,62,63)/b25-24-,34-23+,42-40+,50-48+. The van der Waals surface area contributed by atoms with Crippen LogP contribution in [0.3, 0.4) is 0 Å². The Morgan fingerprint density at radius 3 is 1.23 bits per heavy atom. The van der Waals surface area contributed by atoms with Crippen molar-refractivity contribution in [1.82, 2.24) is 5.32 Å². The second-order valence-corrected chi connectivity index (χ2v) is 21.7. The van der Waals surface area contributed by atoms with Crippen LogP contribution in [0.5, 0.6) is 0 Å². The molecule has 0 aliphatic rings. The lowest BCUT2D eigenvalue weighted by atomic mass is 10.0. The summed E-state index contributed by atoms with van der Waals surface area (Å²) in [5, 5.41) is 13.8. The van der Waals surface area contributed by atoms with E-state index in [1.54, 1.807) is 6.08 Å². The SMILES string of the molecule is CCCCCCCCC/C=C/CC/C=C/CC/C=C/C(O)C(COP(=O)([O-])OCC[N+](C)(C)C)NC(=O)CCCCCCCCCCCCCCCCC/C=C\CCCCCCCCCC. The molecule has 3 unspecified atom stereocenters. The fraction of sp³-hybridized carbons (Fsp3) is 0.842. The number of aliphatic hydroxyl groups is 1. The van der Waals surface area contributed by atoms with Crippen LogP contribution in [-0.4, -0.2) is 68.5 Å². The Morgan fingerprint density at radius 1 is 0.515 bits per heavy atom. The summed E-state index contributed by atoms with van der Waals surface area (Å²) in [5.74, 6) is -0.209. The number of phosphoric acid groups is 1. The van der Waals surface area contributed by atoms with Gasteiger partial charge in [-0.05, 0) is 70.6 Å². The van der Waals surface area contributed by atoms with Crippen LogP contribution >= 0.6 is 7.82 Å². The Bertz CT molecular complexity index is 1210. The average molecular weight is 949 g/mol. The van der Waals surface area contributed by atoms with Crippen LogP contribution in [0.1, 0.15) is 258 Å². The van der Waals surface area contributed by atoms with Gasteiger partial charge in [0.2, 0.25) is 5.91 Å². The summed E-state index contributed by atoms with van der Waals surface area (Å²) < 4.78 is 23.3. The number of allylic oxidation sites excluding steroid dienone is 7. The summed E-state index contributed by atoms with van der Waals surface area (Å²) in [4.78, 5) is 25.5. The van der Waals surface area contributed by atoms with Crippen LogP contribution in [0.2, 0.25) is 0 Å². The van der Waals surface area contributed by atoms with Gasteiger partial charge >= 0.3 is 0 Å². The fourth-order valence-electron chi connectivity index (χ4n) is 8.06. The van der Waals surface area contributed by atoms with Crippen molar-refractivity contribution in [3.63, 3.8) is 0 Å². The second kappa shape index (κ2) is 48.5. The van der Waals surface area contributed by atoms with E-state index in [4.69, 9.17) is 9.05 Å². The molecule has 0 spiro atoms. The van der Waals surface area contributed by atoms with Crippen LogP contribution in [0.25, 0.3) is 0 Å². The van der Waals surface area contributed by atoms with Gasteiger partial charge in [0.25, 0.3) is 7.82 Å². The van der Waals surface area contributed by atoms with E-state index in [2.05, 4.69) is 55.6 Å². The molecule has 0 aliphatic carbocycles. The van der Waals surface area contributed by atoms with E-state index in [-0.39, 0.29) is 12.5 Å². The number of rotatable bonds is 51. The highest BCUT2D eigenvalue weighted by Crippen LogP contribution is 2.38. The lowest BCUT2D eigenvalue weighted by molar-refractivity contribution is -0.870. The molecule has 0 aromatic rings. The number of phosphoric ester groups is 1. The molecular formula is C57H109N2O6P. The van der Waals surface area contributed by atoms with Crippen molar-refractivity contribution in [2.45, 2.75) is 270 Å². The highest BCUT2D eigenvalue weighted by atomic mass is 31.2. The molecule has 0 radical (unpaired) electrons. The first kappa shape index (κ1) is 64.5. The molecule has 0 aliphatic heterocycles. The lowest BCUT2D eigenvalue weighted by Crippen LogP contribution is -2.45. The highest BCUT2D eigenvalue weighted by molar-refractivity contribution is 7.45. The minimum absolute atomic E-state index is 0.00891. The summed E-state index contributed by atoms with van der Waals surface area (Å²) in [6.45, 7) is 4.63. The van der Waals surface area contributed by atoms with E-state index in [9.17, 15) is 19.4 Å². The molecule has 0 fully saturated rings. The normalized spacial score (nSPS) is 14.3. The Balaban J connectivity index is 4.21. The number of unbranched alkanes of at least 4 members (excludes halogenated alkanes) is 32. The maximum Gasteiger partial charge on any atom is 0.268 e. The van der Waals surface area contributed by atoms with Crippen LogP contribution in [0.15, 0.2) is 48.6 Å². The Labute approximate surface area is 409 Å². The predicted octanol–water partition coefficient (Wildman–Crippen LogP) is 16.1. The second-order valence-electron chi connectivity index (χ2n) is 20.3. The van der Waals surface area contributed by atoms with Gasteiger partial charge in [-0.1, -0.05) is 229 Å². The van der Waals surface area contributed by atoms with Gasteiger partial charge in [0.15, 0.2) is 0 Å². The van der Waals surface area contributed by atoms with Gasteiger partial charge in [-0.3, -0.25) is 9.36 Å². The molecule has 0 rings (SSSR count). The monoisotopic (exact) mass is 949 g/mol. The molecule has 0 bridgehead atoms. The number of carbonyl (C=O) groups is 1.